The van der Waals surface area contributed by atoms with Crippen molar-refractivity contribution in [1.82, 2.24) is 20.4 Å². The number of likely N-dealkylation sites (tertiary alicyclic amines) is 1. The number of amides is 3. The van der Waals surface area contributed by atoms with Crippen LogP contribution in [0.5, 0.6) is 0 Å². The lowest BCUT2D eigenvalue weighted by molar-refractivity contribution is -0.121. The molecule has 1 saturated heterocycles. The van der Waals surface area contributed by atoms with E-state index >= 15 is 0 Å². The highest BCUT2D eigenvalue weighted by Crippen LogP contribution is 2.32. The third kappa shape index (κ3) is 5.39. The van der Waals surface area contributed by atoms with Crippen LogP contribution in [0.3, 0.4) is 0 Å². The molecule has 1 aromatic heterocycles. The number of carbonyl (C=O) groups is 3. The number of aromatic nitrogens is 2. The Hall–Kier alpha value is -2.69. The molecule has 3 amide bonds. The summed E-state index contributed by atoms with van der Waals surface area (Å²) in [4.78, 5) is 41.4. The molecule has 0 aliphatic carbocycles. The van der Waals surface area contributed by atoms with Gasteiger partial charge in [-0.15, -0.1) is 0 Å². The minimum absolute atomic E-state index is 0.0825. The van der Waals surface area contributed by atoms with Crippen LogP contribution in [0.25, 0.3) is 0 Å². The molecule has 150 valence electrons. The summed E-state index contributed by atoms with van der Waals surface area (Å²) < 4.78 is 15.4. The summed E-state index contributed by atoms with van der Waals surface area (Å²) in [6.07, 6.45) is 0.865. The summed E-state index contributed by atoms with van der Waals surface area (Å²) in [5, 5.41) is 6.01. The van der Waals surface area contributed by atoms with Crippen LogP contribution in [0.1, 0.15) is 56.2 Å². The highest BCUT2D eigenvalue weighted by atomic mass is 16.6. The molecule has 0 aromatic carbocycles. The van der Waals surface area contributed by atoms with Gasteiger partial charge in [0.1, 0.15) is 17.7 Å². The zero-order valence-electron chi connectivity index (χ0n) is 15.9. The minimum Gasteiger partial charge on any atom is -0.444 e. The lowest BCUT2D eigenvalue weighted by atomic mass is 10.2. The molecule has 0 spiro atoms. The van der Waals surface area contributed by atoms with E-state index in [1.807, 2.05) is 0 Å². The number of nitrogens with two attached hydrogens (primary N) is 1. The zero-order valence-corrected chi connectivity index (χ0v) is 15.9. The van der Waals surface area contributed by atoms with E-state index < -0.39 is 35.6 Å². The Kier molecular flexibility index (Phi) is 6.37. The van der Waals surface area contributed by atoms with E-state index in [9.17, 15) is 14.4 Å². The van der Waals surface area contributed by atoms with Crippen LogP contribution in [0, 0.1) is 0 Å². The molecule has 0 radical (unpaired) electrons. The Labute approximate surface area is 156 Å². The Morgan fingerprint density at radius 3 is 2.70 bits per heavy atom. The fraction of sp³-hybridized carbons (Fsp3) is 0.688. The molecule has 1 fully saturated rings. The maximum absolute atomic E-state index is 12.3. The van der Waals surface area contributed by atoms with E-state index in [2.05, 4.69) is 15.5 Å². The molecule has 27 heavy (non-hydrogen) atoms. The van der Waals surface area contributed by atoms with Gasteiger partial charge in [-0.25, -0.2) is 4.79 Å². The highest BCUT2D eigenvalue weighted by Gasteiger charge is 2.37. The number of nitrogens with zero attached hydrogens (tertiary/aromatic N) is 3. The maximum Gasteiger partial charge on any atom is 0.410 e. The van der Waals surface area contributed by atoms with Gasteiger partial charge in [0, 0.05) is 13.7 Å². The topological polar surface area (TPSA) is 150 Å². The van der Waals surface area contributed by atoms with Crippen molar-refractivity contribution < 1.29 is 28.4 Å². The highest BCUT2D eigenvalue weighted by molar-refractivity contribution is 5.94. The Morgan fingerprint density at radius 1 is 1.41 bits per heavy atom. The van der Waals surface area contributed by atoms with Gasteiger partial charge in [0.15, 0.2) is 0 Å². The second-order valence-electron chi connectivity index (χ2n) is 7.17. The van der Waals surface area contributed by atoms with Crippen LogP contribution in [-0.4, -0.2) is 64.9 Å². The number of hydrogen-bond acceptors (Lipinski definition) is 8. The molecule has 2 atom stereocenters. The van der Waals surface area contributed by atoms with Gasteiger partial charge in [0.2, 0.25) is 11.8 Å². The van der Waals surface area contributed by atoms with Crippen molar-refractivity contribution >= 4 is 17.9 Å². The quantitative estimate of drug-likeness (QED) is 0.715. The summed E-state index contributed by atoms with van der Waals surface area (Å²) in [5.41, 5.74) is 4.57. The van der Waals surface area contributed by atoms with Crippen LogP contribution in [-0.2, 0) is 14.3 Å². The van der Waals surface area contributed by atoms with Gasteiger partial charge in [-0.3, -0.25) is 14.5 Å². The van der Waals surface area contributed by atoms with Crippen molar-refractivity contribution in [2.75, 3.05) is 20.3 Å². The SMILES string of the molecule is COC[C@H](NC(=O)c1noc([C@H]2CCCN2C(=O)OC(C)(C)C)n1)C(N)=O. The Morgan fingerprint density at radius 2 is 2.11 bits per heavy atom. The second kappa shape index (κ2) is 8.33. The van der Waals surface area contributed by atoms with Gasteiger partial charge in [0.05, 0.1) is 6.61 Å². The van der Waals surface area contributed by atoms with Gasteiger partial charge in [-0.1, -0.05) is 5.16 Å². The second-order valence-corrected chi connectivity index (χ2v) is 7.17. The number of methoxy groups -OCH3 is 1. The van der Waals surface area contributed by atoms with Crippen LogP contribution in [0.4, 0.5) is 4.79 Å². The van der Waals surface area contributed by atoms with E-state index in [1.165, 1.54) is 12.0 Å². The van der Waals surface area contributed by atoms with Crippen molar-refractivity contribution in [3.63, 3.8) is 0 Å². The summed E-state index contributed by atoms with van der Waals surface area (Å²) in [6.45, 7) is 5.74. The predicted molar refractivity (Wildman–Crippen MR) is 91.5 cm³/mol. The van der Waals surface area contributed by atoms with E-state index in [-0.39, 0.29) is 18.3 Å². The first-order valence-electron chi connectivity index (χ1n) is 8.54. The average Bonchev–Trinajstić information content (AvgIpc) is 3.21. The summed E-state index contributed by atoms with van der Waals surface area (Å²) in [6, 6.07) is -1.49. The maximum atomic E-state index is 12.3. The van der Waals surface area contributed by atoms with E-state index in [4.69, 9.17) is 19.7 Å². The van der Waals surface area contributed by atoms with Gasteiger partial charge in [-0.2, -0.15) is 4.98 Å². The normalized spacial score (nSPS) is 18.2. The van der Waals surface area contributed by atoms with Crippen LogP contribution in [0.2, 0.25) is 0 Å². The number of ether oxygens (including phenoxy) is 2. The van der Waals surface area contributed by atoms with E-state index in [0.717, 1.165) is 6.42 Å². The Balaban J connectivity index is 2.08. The molecule has 0 saturated carbocycles. The predicted octanol–water partition coefficient (Wildman–Crippen LogP) is 0.372. The van der Waals surface area contributed by atoms with Crippen LogP contribution in [0.15, 0.2) is 4.52 Å². The van der Waals surface area contributed by atoms with Crippen LogP contribution >= 0.6 is 0 Å². The standard InChI is InChI=1S/C16H25N5O6/c1-16(2,3)26-15(24)21-7-5-6-10(21)14-19-12(20-27-14)13(23)18-9(8-25-4)11(17)22/h9-10H,5-8H2,1-4H3,(H2,17,22)(H,18,23)/t9-,10+/m0/s1. The number of primary amides is 1. The van der Waals surface area contributed by atoms with E-state index in [1.54, 1.807) is 20.8 Å². The lowest BCUT2D eigenvalue weighted by Gasteiger charge is -2.26. The average molecular weight is 383 g/mol. The number of nitrogens with one attached hydrogen (secondary N) is 1. The molecule has 1 aliphatic heterocycles. The molecule has 11 nitrogen and oxygen atoms in total. The lowest BCUT2D eigenvalue weighted by Crippen LogP contribution is -2.47. The Bertz CT molecular complexity index is 698. The summed E-state index contributed by atoms with van der Waals surface area (Å²) >= 11 is 0. The van der Waals surface area contributed by atoms with Gasteiger partial charge < -0.3 is 25.0 Å². The van der Waals surface area contributed by atoms with E-state index in [0.29, 0.717) is 13.0 Å². The number of rotatable bonds is 6. The molecule has 11 heteroatoms. The largest absolute Gasteiger partial charge is 0.444 e. The number of hydrogen-bond donors (Lipinski definition) is 2. The van der Waals surface area contributed by atoms with Crippen molar-refractivity contribution in [3.8, 4) is 0 Å². The third-order valence-electron chi connectivity index (χ3n) is 3.79. The fourth-order valence-electron chi connectivity index (χ4n) is 2.61. The molecule has 3 N–H and O–H groups in total. The molecule has 1 aliphatic rings. The van der Waals surface area contributed by atoms with Gasteiger partial charge >= 0.3 is 6.09 Å². The summed E-state index contributed by atoms with van der Waals surface area (Å²) in [5.74, 6) is -1.61. The van der Waals surface area contributed by atoms with Crippen LogP contribution < -0.4 is 11.1 Å². The first kappa shape index (κ1) is 20.6. The molecular formula is C16H25N5O6. The minimum atomic E-state index is -1.02. The van der Waals surface area contributed by atoms with Crippen molar-refractivity contribution in [1.29, 1.82) is 0 Å². The smallest absolute Gasteiger partial charge is 0.410 e. The van der Waals surface area contributed by atoms with Crippen molar-refractivity contribution in [2.45, 2.75) is 51.3 Å². The molecule has 0 unspecified atom stereocenters. The van der Waals surface area contributed by atoms with Gasteiger partial charge in [-0.05, 0) is 33.6 Å². The number of carbonyl (C=O) groups excluding carboxylic acids is 3. The van der Waals surface area contributed by atoms with Crippen molar-refractivity contribution in [3.05, 3.63) is 11.7 Å². The summed E-state index contributed by atoms with van der Waals surface area (Å²) in [7, 11) is 1.37. The molecule has 0 bridgehead atoms. The fourth-order valence-corrected chi connectivity index (χ4v) is 2.61. The molecular weight excluding hydrogens is 358 g/mol. The molecule has 2 heterocycles. The third-order valence-corrected chi connectivity index (χ3v) is 3.79. The zero-order chi connectivity index (χ0) is 20.2. The van der Waals surface area contributed by atoms with Crippen molar-refractivity contribution in [2.24, 2.45) is 5.73 Å². The first-order chi connectivity index (χ1) is 12.6. The molecule has 2 rings (SSSR count). The monoisotopic (exact) mass is 383 g/mol. The first-order valence-corrected chi connectivity index (χ1v) is 8.54. The van der Waals surface area contributed by atoms with Gasteiger partial charge in [0.25, 0.3) is 11.7 Å². The molecule has 1 aromatic rings.